The Morgan fingerprint density at radius 2 is 1.91 bits per heavy atom. The summed E-state index contributed by atoms with van der Waals surface area (Å²) in [6, 6.07) is 10.4. The molecule has 1 fully saturated rings. The van der Waals surface area contributed by atoms with E-state index in [4.69, 9.17) is 4.42 Å². The molecule has 0 spiro atoms. The maximum Gasteiger partial charge on any atom is 0.291 e. The zero-order valence-corrected chi connectivity index (χ0v) is 13.3. The van der Waals surface area contributed by atoms with Crippen LogP contribution in [0.4, 0.5) is 5.69 Å². The molecule has 1 aromatic heterocycles. The molecule has 3 rings (SSSR count). The van der Waals surface area contributed by atoms with Gasteiger partial charge in [0, 0.05) is 24.3 Å². The summed E-state index contributed by atoms with van der Waals surface area (Å²) in [6.45, 7) is 2.09. The number of nitrogens with one attached hydrogen (secondary N) is 1. The Morgan fingerprint density at radius 1 is 1.22 bits per heavy atom. The zero-order valence-electron chi connectivity index (χ0n) is 13.3. The fourth-order valence-corrected chi connectivity index (χ4v) is 2.58. The second-order valence-electron chi connectivity index (χ2n) is 6.00. The highest BCUT2D eigenvalue weighted by Gasteiger charge is 2.32. The van der Waals surface area contributed by atoms with Crippen molar-refractivity contribution in [2.45, 2.75) is 25.8 Å². The lowest BCUT2D eigenvalue weighted by atomic mass is 10.1. The van der Waals surface area contributed by atoms with E-state index in [1.54, 1.807) is 41.3 Å². The first kappa shape index (κ1) is 15.3. The Morgan fingerprint density at radius 3 is 2.48 bits per heavy atom. The average molecular weight is 312 g/mol. The number of hydrogen-bond acceptors (Lipinski definition) is 3. The smallest absolute Gasteiger partial charge is 0.291 e. The summed E-state index contributed by atoms with van der Waals surface area (Å²) >= 11 is 0. The summed E-state index contributed by atoms with van der Waals surface area (Å²) < 4.78 is 5.04. The molecular formula is C18H20N2O3. The molecule has 1 atom stereocenters. The van der Waals surface area contributed by atoms with E-state index in [0.29, 0.717) is 17.2 Å². The Balaban J connectivity index is 1.64. The van der Waals surface area contributed by atoms with Crippen LogP contribution in [0.1, 0.15) is 40.7 Å². The fraction of sp³-hybridized carbons (Fsp3) is 0.333. The highest BCUT2D eigenvalue weighted by Crippen LogP contribution is 2.35. The van der Waals surface area contributed by atoms with Gasteiger partial charge in [-0.05, 0) is 62.1 Å². The van der Waals surface area contributed by atoms with Gasteiger partial charge in [-0.2, -0.15) is 0 Å². The summed E-state index contributed by atoms with van der Waals surface area (Å²) in [4.78, 5) is 26.2. The average Bonchev–Trinajstić information content (AvgIpc) is 3.27. The largest absolute Gasteiger partial charge is 0.459 e. The molecule has 1 aliphatic rings. The zero-order chi connectivity index (χ0) is 16.4. The Labute approximate surface area is 135 Å². The van der Waals surface area contributed by atoms with E-state index in [1.165, 1.54) is 19.1 Å². The molecule has 2 amide bonds. The topological polar surface area (TPSA) is 62.6 Å². The first-order valence-electron chi connectivity index (χ1n) is 7.78. The van der Waals surface area contributed by atoms with E-state index >= 15 is 0 Å². The predicted octanol–water partition coefficient (Wildman–Crippen LogP) is 3.40. The van der Waals surface area contributed by atoms with E-state index in [9.17, 15) is 9.59 Å². The van der Waals surface area contributed by atoms with Crippen LogP contribution in [0.15, 0.2) is 47.1 Å². The van der Waals surface area contributed by atoms with Crippen molar-refractivity contribution < 1.29 is 14.0 Å². The SMILES string of the molecule is CC(C1CC1)N(C)C(=O)c1ccc(NC(=O)c2ccco2)cc1. The molecule has 2 aromatic rings. The minimum atomic E-state index is -0.312. The maximum atomic E-state index is 12.5. The molecule has 1 N–H and O–H groups in total. The van der Waals surface area contributed by atoms with Crippen LogP contribution in [-0.2, 0) is 0 Å². The van der Waals surface area contributed by atoms with Gasteiger partial charge in [0.25, 0.3) is 11.8 Å². The number of carbonyl (C=O) groups excluding carboxylic acids is 2. The number of carbonyl (C=O) groups is 2. The van der Waals surface area contributed by atoms with E-state index in [-0.39, 0.29) is 23.6 Å². The number of anilines is 1. The number of amides is 2. The lowest BCUT2D eigenvalue weighted by Crippen LogP contribution is -2.36. The van der Waals surface area contributed by atoms with E-state index < -0.39 is 0 Å². The highest BCUT2D eigenvalue weighted by atomic mass is 16.3. The normalized spacial score (nSPS) is 15.0. The summed E-state index contributed by atoms with van der Waals surface area (Å²) in [5, 5.41) is 2.73. The first-order valence-corrected chi connectivity index (χ1v) is 7.78. The molecule has 1 heterocycles. The minimum Gasteiger partial charge on any atom is -0.459 e. The van der Waals surface area contributed by atoms with Gasteiger partial charge in [0.2, 0.25) is 0 Å². The Kier molecular flexibility index (Phi) is 4.19. The molecule has 1 aliphatic carbocycles. The highest BCUT2D eigenvalue weighted by molar-refractivity contribution is 6.02. The fourth-order valence-electron chi connectivity index (χ4n) is 2.58. The van der Waals surface area contributed by atoms with Crippen LogP contribution in [0.5, 0.6) is 0 Å². The Bertz CT molecular complexity index is 688. The molecule has 23 heavy (non-hydrogen) atoms. The first-order chi connectivity index (χ1) is 11.1. The molecule has 1 unspecified atom stereocenters. The van der Waals surface area contributed by atoms with E-state index in [1.807, 2.05) is 7.05 Å². The van der Waals surface area contributed by atoms with Gasteiger partial charge in [0.1, 0.15) is 0 Å². The third-order valence-corrected chi connectivity index (χ3v) is 4.37. The van der Waals surface area contributed by atoms with Crippen LogP contribution >= 0.6 is 0 Å². The second-order valence-corrected chi connectivity index (χ2v) is 6.00. The standard InChI is InChI=1S/C18H20N2O3/c1-12(13-5-6-13)20(2)18(22)14-7-9-15(10-8-14)19-17(21)16-4-3-11-23-16/h3-4,7-13H,5-6H2,1-2H3,(H,19,21). The molecular weight excluding hydrogens is 292 g/mol. The Hall–Kier alpha value is -2.56. The van der Waals surface area contributed by atoms with Crippen LogP contribution in [0.25, 0.3) is 0 Å². The van der Waals surface area contributed by atoms with Crippen LogP contribution < -0.4 is 5.32 Å². The van der Waals surface area contributed by atoms with Crippen LogP contribution in [-0.4, -0.2) is 29.8 Å². The molecule has 0 bridgehead atoms. The van der Waals surface area contributed by atoms with Crippen molar-refractivity contribution in [1.29, 1.82) is 0 Å². The van der Waals surface area contributed by atoms with Gasteiger partial charge in [-0.15, -0.1) is 0 Å². The van der Waals surface area contributed by atoms with Gasteiger partial charge in [-0.3, -0.25) is 9.59 Å². The van der Waals surface area contributed by atoms with Crippen molar-refractivity contribution in [1.82, 2.24) is 4.90 Å². The molecule has 0 aliphatic heterocycles. The monoisotopic (exact) mass is 312 g/mol. The van der Waals surface area contributed by atoms with E-state index in [0.717, 1.165) is 0 Å². The molecule has 0 saturated heterocycles. The quantitative estimate of drug-likeness (QED) is 0.920. The van der Waals surface area contributed by atoms with Gasteiger partial charge in [0.15, 0.2) is 5.76 Å². The number of rotatable bonds is 5. The maximum absolute atomic E-state index is 12.5. The van der Waals surface area contributed by atoms with Crippen LogP contribution in [0.2, 0.25) is 0 Å². The van der Waals surface area contributed by atoms with Gasteiger partial charge >= 0.3 is 0 Å². The summed E-state index contributed by atoms with van der Waals surface area (Å²) in [5.41, 5.74) is 1.25. The third kappa shape index (κ3) is 3.44. The van der Waals surface area contributed by atoms with Crippen molar-refractivity contribution >= 4 is 17.5 Å². The molecule has 5 nitrogen and oxygen atoms in total. The summed E-state index contributed by atoms with van der Waals surface area (Å²) in [7, 11) is 1.85. The second kappa shape index (κ2) is 6.28. The van der Waals surface area contributed by atoms with Crippen molar-refractivity contribution in [2.24, 2.45) is 5.92 Å². The van der Waals surface area contributed by atoms with Crippen molar-refractivity contribution in [3.8, 4) is 0 Å². The number of furan rings is 1. The van der Waals surface area contributed by atoms with Crippen molar-refractivity contribution in [3.05, 3.63) is 54.0 Å². The van der Waals surface area contributed by atoms with Crippen LogP contribution in [0, 0.1) is 5.92 Å². The molecule has 1 aromatic carbocycles. The number of nitrogens with zero attached hydrogens (tertiary/aromatic N) is 1. The number of hydrogen-bond donors (Lipinski definition) is 1. The molecule has 0 radical (unpaired) electrons. The summed E-state index contributed by atoms with van der Waals surface area (Å²) in [5.74, 6) is 0.584. The lowest BCUT2D eigenvalue weighted by molar-refractivity contribution is 0.0727. The van der Waals surface area contributed by atoms with Crippen molar-refractivity contribution in [2.75, 3.05) is 12.4 Å². The molecule has 1 saturated carbocycles. The summed E-state index contributed by atoms with van der Waals surface area (Å²) in [6.07, 6.45) is 3.86. The lowest BCUT2D eigenvalue weighted by Gasteiger charge is -2.25. The van der Waals surface area contributed by atoms with E-state index in [2.05, 4.69) is 12.2 Å². The van der Waals surface area contributed by atoms with Gasteiger partial charge in [-0.1, -0.05) is 0 Å². The van der Waals surface area contributed by atoms with Crippen LogP contribution in [0.3, 0.4) is 0 Å². The van der Waals surface area contributed by atoms with Crippen molar-refractivity contribution in [3.63, 3.8) is 0 Å². The third-order valence-electron chi connectivity index (χ3n) is 4.37. The minimum absolute atomic E-state index is 0.00770. The van der Waals surface area contributed by atoms with Gasteiger partial charge < -0.3 is 14.6 Å². The number of benzene rings is 1. The van der Waals surface area contributed by atoms with Gasteiger partial charge in [0.05, 0.1) is 6.26 Å². The van der Waals surface area contributed by atoms with Gasteiger partial charge in [-0.25, -0.2) is 0 Å². The molecule has 5 heteroatoms. The molecule has 120 valence electrons. The predicted molar refractivity (Wildman–Crippen MR) is 87.4 cm³/mol.